The van der Waals surface area contributed by atoms with Gasteiger partial charge in [-0.2, -0.15) is 0 Å². The van der Waals surface area contributed by atoms with Crippen molar-refractivity contribution in [3.8, 4) is 5.88 Å². The van der Waals surface area contributed by atoms with Gasteiger partial charge in [-0.1, -0.05) is 48.5 Å². The molecule has 0 spiro atoms. The van der Waals surface area contributed by atoms with Crippen LogP contribution < -0.4 is 5.73 Å². The van der Waals surface area contributed by atoms with Crippen LogP contribution >= 0.6 is 0 Å². The maximum Gasteiger partial charge on any atom is 0.338 e. The number of aromatic amines is 1. The summed E-state index contributed by atoms with van der Waals surface area (Å²) in [6.07, 6.45) is 0. The third-order valence-electron chi connectivity index (χ3n) is 5.55. The molecule has 0 aliphatic carbocycles. The number of hydrogen-bond donors (Lipinski definition) is 3. The number of nitrogens with two attached hydrogens (primary N) is 1. The highest BCUT2D eigenvalue weighted by atomic mass is 16.5. The van der Waals surface area contributed by atoms with Gasteiger partial charge in [-0.25, -0.2) is 14.6 Å². The van der Waals surface area contributed by atoms with E-state index in [1.807, 2.05) is 54.6 Å². The van der Waals surface area contributed by atoms with Crippen LogP contribution in [0.2, 0.25) is 0 Å². The van der Waals surface area contributed by atoms with Crippen molar-refractivity contribution in [2.75, 3.05) is 13.7 Å². The van der Waals surface area contributed by atoms with Gasteiger partial charge in [0.1, 0.15) is 0 Å². The lowest BCUT2D eigenvalue weighted by atomic mass is 10.00. The number of carbonyl (C=O) groups is 2. The molecule has 8 heteroatoms. The second-order valence-electron chi connectivity index (χ2n) is 8.02. The number of aromatic hydroxyl groups is 1. The molecule has 1 aromatic heterocycles. The maximum absolute atomic E-state index is 12.2. The Morgan fingerprint density at radius 2 is 1.74 bits per heavy atom. The number of nitrogens with zero attached hydrogens (tertiary/aromatic N) is 2. The molecule has 4 aromatic rings. The second kappa shape index (κ2) is 10.1. The zero-order chi connectivity index (χ0) is 24.9. The molecular formula is C27H26N4O4. The smallest absolute Gasteiger partial charge is 0.338 e. The van der Waals surface area contributed by atoms with Crippen LogP contribution in [0.5, 0.6) is 5.88 Å². The number of urea groups is 1. The summed E-state index contributed by atoms with van der Waals surface area (Å²) in [6.45, 7) is 2.41. The number of amides is 2. The lowest BCUT2D eigenvalue weighted by Crippen LogP contribution is -2.31. The molecule has 0 fully saturated rings. The average Bonchev–Trinajstić information content (AvgIpc) is 3.18. The van der Waals surface area contributed by atoms with E-state index in [1.54, 1.807) is 32.2 Å². The molecule has 8 nitrogen and oxygen atoms in total. The highest BCUT2D eigenvalue weighted by Gasteiger charge is 2.20. The third-order valence-corrected chi connectivity index (χ3v) is 5.55. The van der Waals surface area contributed by atoms with Crippen molar-refractivity contribution in [1.82, 2.24) is 9.88 Å². The summed E-state index contributed by atoms with van der Waals surface area (Å²) in [7, 11) is 1.63. The maximum atomic E-state index is 12.2. The van der Waals surface area contributed by atoms with Gasteiger partial charge in [-0.3, -0.25) is 0 Å². The Morgan fingerprint density at radius 1 is 1.03 bits per heavy atom. The first kappa shape index (κ1) is 23.6. The van der Waals surface area contributed by atoms with Crippen molar-refractivity contribution in [2.45, 2.75) is 13.5 Å². The SMILES string of the molecule is CCOC(=O)c1ccc2c(C(=Nc3ccc(CN(C)C(N)=O)cc3)c3ccccc3)c(O)[nH]c2c1. The second-order valence-corrected chi connectivity index (χ2v) is 8.02. The van der Waals surface area contributed by atoms with E-state index in [0.29, 0.717) is 34.6 Å². The minimum absolute atomic E-state index is 0.0525. The average molecular weight is 471 g/mol. The molecule has 4 N–H and O–H groups in total. The van der Waals surface area contributed by atoms with E-state index >= 15 is 0 Å². The molecule has 0 aliphatic rings. The first-order chi connectivity index (χ1) is 16.9. The van der Waals surface area contributed by atoms with Crippen LogP contribution in [-0.4, -0.2) is 46.4 Å². The molecule has 0 unspecified atom stereocenters. The number of fused-ring (bicyclic) bond motifs is 1. The van der Waals surface area contributed by atoms with Gasteiger partial charge in [0.15, 0.2) is 5.88 Å². The van der Waals surface area contributed by atoms with E-state index < -0.39 is 12.0 Å². The van der Waals surface area contributed by atoms with Crippen LogP contribution in [0.4, 0.5) is 10.5 Å². The van der Waals surface area contributed by atoms with Gasteiger partial charge in [0, 0.05) is 30.1 Å². The zero-order valence-electron chi connectivity index (χ0n) is 19.5. The Balaban J connectivity index is 1.78. The van der Waals surface area contributed by atoms with Crippen LogP contribution in [0.1, 0.15) is 34.0 Å². The number of aromatic nitrogens is 1. The molecule has 3 aromatic carbocycles. The summed E-state index contributed by atoms with van der Waals surface area (Å²) in [6, 6.07) is 21.6. The summed E-state index contributed by atoms with van der Waals surface area (Å²) >= 11 is 0. The van der Waals surface area contributed by atoms with Crippen LogP contribution in [0, 0.1) is 0 Å². The number of esters is 1. The number of H-pyrrole nitrogens is 1. The molecule has 1 heterocycles. The van der Waals surface area contributed by atoms with Crippen LogP contribution in [0.15, 0.2) is 77.8 Å². The Hall–Kier alpha value is -4.59. The van der Waals surface area contributed by atoms with E-state index in [9.17, 15) is 14.7 Å². The normalized spacial score (nSPS) is 11.4. The fourth-order valence-corrected chi connectivity index (χ4v) is 3.78. The number of primary amides is 1. The lowest BCUT2D eigenvalue weighted by molar-refractivity contribution is 0.0526. The van der Waals surface area contributed by atoms with Crippen molar-refractivity contribution in [2.24, 2.45) is 10.7 Å². The fraction of sp³-hybridized carbons (Fsp3) is 0.148. The Kier molecular flexibility index (Phi) is 6.82. The molecule has 4 rings (SSSR count). The molecule has 0 saturated heterocycles. The largest absolute Gasteiger partial charge is 0.494 e. The monoisotopic (exact) mass is 470 g/mol. The van der Waals surface area contributed by atoms with Gasteiger partial charge < -0.3 is 25.5 Å². The van der Waals surface area contributed by atoms with Crippen LogP contribution in [-0.2, 0) is 11.3 Å². The number of hydrogen-bond acceptors (Lipinski definition) is 5. The van der Waals surface area contributed by atoms with Gasteiger partial charge in [0.2, 0.25) is 0 Å². The molecule has 0 bridgehead atoms. The Labute approximate surface area is 202 Å². The van der Waals surface area contributed by atoms with Gasteiger partial charge in [-0.05, 0) is 36.8 Å². The van der Waals surface area contributed by atoms with E-state index in [0.717, 1.165) is 16.5 Å². The Bertz CT molecular complexity index is 1390. The van der Waals surface area contributed by atoms with Gasteiger partial charge in [-0.15, -0.1) is 0 Å². The molecule has 0 saturated carbocycles. The van der Waals surface area contributed by atoms with Gasteiger partial charge >= 0.3 is 12.0 Å². The van der Waals surface area contributed by atoms with Gasteiger partial charge in [0.25, 0.3) is 0 Å². The standard InChI is InChI=1S/C27H26N4O4/c1-3-35-26(33)19-11-14-21-22(15-19)30-25(32)23(21)24(18-7-5-4-6-8-18)29-20-12-9-17(10-13-20)16-31(2)27(28)34/h4-15,30,32H,3,16H2,1-2H3,(H2,28,34). The molecule has 35 heavy (non-hydrogen) atoms. The van der Waals surface area contributed by atoms with Crippen LogP contribution in [0.25, 0.3) is 10.9 Å². The van der Waals surface area contributed by atoms with E-state index in [1.165, 1.54) is 4.90 Å². The van der Waals surface area contributed by atoms with Crippen molar-refractivity contribution in [1.29, 1.82) is 0 Å². The highest BCUT2D eigenvalue weighted by molar-refractivity contribution is 6.22. The predicted molar refractivity (Wildman–Crippen MR) is 135 cm³/mol. The summed E-state index contributed by atoms with van der Waals surface area (Å²) in [4.78, 5) is 32.7. The molecule has 0 aliphatic heterocycles. The topological polar surface area (TPSA) is 121 Å². The number of ether oxygens (including phenoxy) is 1. The predicted octanol–water partition coefficient (Wildman–Crippen LogP) is 4.73. The number of benzene rings is 3. The molecule has 0 radical (unpaired) electrons. The Morgan fingerprint density at radius 3 is 2.40 bits per heavy atom. The summed E-state index contributed by atoms with van der Waals surface area (Å²) < 4.78 is 5.09. The zero-order valence-corrected chi connectivity index (χ0v) is 19.5. The molecular weight excluding hydrogens is 444 g/mol. The highest BCUT2D eigenvalue weighted by Crippen LogP contribution is 2.32. The number of aliphatic imine (C=N–C) groups is 1. The minimum Gasteiger partial charge on any atom is -0.494 e. The van der Waals surface area contributed by atoms with E-state index in [-0.39, 0.29) is 12.5 Å². The first-order valence-electron chi connectivity index (χ1n) is 11.1. The summed E-state index contributed by atoms with van der Waals surface area (Å²) in [5.41, 5.74) is 9.79. The lowest BCUT2D eigenvalue weighted by Gasteiger charge is -2.14. The summed E-state index contributed by atoms with van der Waals surface area (Å²) in [5.74, 6) is -0.479. The van der Waals surface area contributed by atoms with Crippen molar-refractivity contribution >= 4 is 34.3 Å². The van der Waals surface area contributed by atoms with Crippen LogP contribution in [0.3, 0.4) is 0 Å². The summed E-state index contributed by atoms with van der Waals surface area (Å²) in [5, 5.41) is 11.6. The van der Waals surface area contributed by atoms with Gasteiger partial charge in [0.05, 0.1) is 29.1 Å². The fourth-order valence-electron chi connectivity index (χ4n) is 3.78. The molecule has 178 valence electrons. The minimum atomic E-state index is -0.501. The molecule has 0 atom stereocenters. The van der Waals surface area contributed by atoms with Crippen molar-refractivity contribution in [3.63, 3.8) is 0 Å². The quantitative estimate of drug-likeness (QED) is 0.267. The van der Waals surface area contributed by atoms with E-state index in [2.05, 4.69) is 4.98 Å². The molecule has 2 amide bonds. The van der Waals surface area contributed by atoms with Crippen molar-refractivity contribution < 1.29 is 19.4 Å². The van der Waals surface area contributed by atoms with Crippen molar-refractivity contribution in [3.05, 3.63) is 95.1 Å². The van der Waals surface area contributed by atoms with E-state index in [4.69, 9.17) is 15.5 Å². The third kappa shape index (κ3) is 5.16. The number of nitrogens with one attached hydrogen (secondary N) is 1. The number of carbonyl (C=O) groups excluding carboxylic acids is 2. The first-order valence-corrected chi connectivity index (χ1v) is 11.1. The number of rotatable bonds is 7.